The minimum atomic E-state index is -3.73. The number of carbonyl (C=O) groups excluding carboxylic acids is 5. The number of hydrogen-bond acceptors (Lipinski definition) is 14. The zero-order valence-electron chi connectivity index (χ0n) is 42.9. The second-order valence-electron chi connectivity index (χ2n) is 19.4. The molecule has 0 radical (unpaired) electrons. The zero-order chi connectivity index (χ0) is 54.9. The summed E-state index contributed by atoms with van der Waals surface area (Å²) in [6, 6.07) is 19.1. The summed E-state index contributed by atoms with van der Waals surface area (Å²) in [5, 5.41) is 29.2. The van der Waals surface area contributed by atoms with Crippen molar-refractivity contribution in [3.05, 3.63) is 124 Å². The van der Waals surface area contributed by atoms with Gasteiger partial charge in [0.2, 0.25) is 27.7 Å². The third-order valence-electron chi connectivity index (χ3n) is 12.7. The number of primary amides is 1. The summed E-state index contributed by atoms with van der Waals surface area (Å²) < 4.78 is 47.4. The number of aromatic amines is 1. The summed E-state index contributed by atoms with van der Waals surface area (Å²) in [4.78, 5) is 77.8. The van der Waals surface area contributed by atoms with E-state index in [0.717, 1.165) is 21.7 Å². The highest BCUT2D eigenvalue weighted by Crippen LogP contribution is 2.37. The van der Waals surface area contributed by atoms with Gasteiger partial charge in [-0.05, 0) is 92.1 Å². The predicted octanol–water partition coefficient (Wildman–Crippen LogP) is 6.50. The first-order chi connectivity index (χ1) is 36.1. The summed E-state index contributed by atoms with van der Waals surface area (Å²) in [5.74, 6) is -2.81. The number of β-amino-alcohol motifs (C(OH)–C–C–N with tert-alkyl or cyclic N) is 1. The number of aromatic nitrogens is 4. The molecule has 1 aliphatic heterocycles. The number of likely N-dealkylation sites (tertiary alicyclic amines) is 1. The third-order valence-corrected chi connectivity index (χ3v) is 14.9. The zero-order valence-corrected chi connectivity index (χ0v) is 44.5. The molecule has 76 heavy (non-hydrogen) atoms. The molecule has 1 fully saturated rings. The Morgan fingerprint density at radius 2 is 1.70 bits per heavy atom. The Balaban J connectivity index is 0.898. The molecular formula is C53H62FN11O9S2. The lowest BCUT2D eigenvalue weighted by Crippen LogP contribution is -2.57. The molecule has 5 amide bonds. The molecule has 0 bridgehead atoms. The van der Waals surface area contributed by atoms with Gasteiger partial charge in [0.05, 0.1) is 44.9 Å². The number of aliphatic hydroxyl groups excluding tert-OH is 1. The van der Waals surface area contributed by atoms with Gasteiger partial charge >= 0.3 is 0 Å². The number of H-pyrrole nitrogens is 1. The Hall–Kier alpha value is -7.76. The van der Waals surface area contributed by atoms with Crippen molar-refractivity contribution in [2.75, 3.05) is 28.9 Å². The lowest BCUT2D eigenvalue weighted by atomic mass is 9.85. The molecule has 1 saturated heterocycles. The largest absolute Gasteiger partial charge is 0.484 e. The monoisotopic (exact) mass is 1080 g/mol. The van der Waals surface area contributed by atoms with E-state index in [1.807, 2.05) is 52.0 Å². The number of unbranched alkanes of at least 4 members (excludes halogenated alkanes) is 1. The first-order valence-corrected chi connectivity index (χ1v) is 27.1. The summed E-state index contributed by atoms with van der Waals surface area (Å²) in [5.41, 5.74) is 11.2. The minimum Gasteiger partial charge on any atom is -0.484 e. The molecule has 3 aromatic carbocycles. The van der Waals surface area contributed by atoms with E-state index in [1.165, 1.54) is 54.4 Å². The number of thiazole rings is 1. The van der Waals surface area contributed by atoms with Crippen LogP contribution in [0.1, 0.15) is 104 Å². The van der Waals surface area contributed by atoms with Crippen LogP contribution in [0.25, 0.3) is 21.7 Å². The SMILES string of the molecule is CCS(=O)(=O)Nc1ccc(-c2[nH]nc(Nc3ccc(C(=O)NCCCCC(=O)N[C@H](C(=O)N4C[C@H](O)C[C@H]4C(=O)NCc4ccc(-c5scnc5C)cc4)C(C)(C)C)cn3)c2C(N)=O)cc1O[C@@H](C)c1ccc(F)cc1. The third kappa shape index (κ3) is 14.1. The number of nitrogens with one attached hydrogen (secondary N) is 6. The van der Waals surface area contributed by atoms with E-state index >= 15 is 0 Å². The van der Waals surface area contributed by atoms with Crippen molar-refractivity contribution in [3.8, 4) is 27.4 Å². The fourth-order valence-electron chi connectivity index (χ4n) is 8.42. The first-order valence-electron chi connectivity index (χ1n) is 24.6. The maximum atomic E-state index is 14.1. The maximum Gasteiger partial charge on any atom is 0.254 e. The number of nitrogens with zero attached hydrogens (tertiary/aromatic N) is 4. The molecule has 9 N–H and O–H groups in total. The van der Waals surface area contributed by atoms with Crippen LogP contribution < -0.4 is 36.5 Å². The average molecular weight is 1080 g/mol. The van der Waals surface area contributed by atoms with Gasteiger partial charge in [-0.15, -0.1) is 11.3 Å². The lowest BCUT2D eigenvalue weighted by Gasteiger charge is -2.35. The van der Waals surface area contributed by atoms with E-state index in [-0.39, 0.29) is 84.0 Å². The number of aliphatic hydroxyl groups is 1. The van der Waals surface area contributed by atoms with E-state index in [9.17, 15) is 41.9 Å². The summed E-state index contributed by atoms with van der Waals surface area (Å²) in [7, 11) is -3.73. The quantitative estimate of drug-likeness (QED) is 0.0338. The molecule has 1 aliphatic rings. The van der Waals surface area contributed by atoms with Gasteiger partial charge in [0.15, 0.2) is 5.82 Å². The second-order valence-corrected chi connectivity index (χ2v) is 22.3. The summed E-state index contributed by atoms with van der Waals surface area (Å²) in [6.07, 6.45) is 0.715. The van der Waals surface area contributed by atoms with Crippen molar-refractivity contribution < 1.29 is 46.6 Å². The lowest BCUT2D eigenvalue weighted by molar-refractivity contribution is -0.144. The first kappa shape index (κ1) is 56.0. The van der Waals surface area contributed by atoms with Gasteiger partial charge in [-0.1, -0.05) is 63.2 Å². The molecule has 0 saturated carbocycles. The van der Waals surface area contributed by atoms with Crippen LogP contribution in [0, 0.1) is 18.2 Å². The summed E-state index contributed by atoms with van der Waals surface area (Å²) >= 11 is 1.55. The maximum absolute atomic E-state index is 14.1. The van der Waals surface area contributed by atoms with Crippen LogP contribution in [0.4, 0.5) is 21.7 Å². The van der Waals surface area contributed by atoms with Crippen molar-refractivity contribution in [2.24, 2.45) is 11.1 Å². The molecule has 0 spiro atoms. The summed E-state index contributed by atoms with van der Waals surface area (Å²) in [6.45, 7) is 11.0. The number of hydrogen-bond donors (Lipinski definition) is 8. The Morgan fingerprint density at radius 1 is 0.974 bits per heavy atom. The fourth-order valence-corrected chi connectivity index (χ4v) is 9.88. The van der Waals surface area contributed by atoms with Gasteiger partial charge in [0.1, 0.15) is 41.1 Å². The van der Waals surface area contributed by atoms with Gasteiger partial charge in [-0.3, -0.25) is 33.8 Å². The molecule has 4 atom stereocenters. The highest BCUT2D eigenvalue weighted by molar-refractivity contribution is 7.92. The number of ether oxygens (including phenoxy) is 1. The number of benzene rings is 3. The number of nitrogens with two attached hydrogens (primary N) is 1. The molecule has 402 valence electrons. The Kier molecular flexibility index (Phi) is 17.9. The van der Waals surface area contributed by atoms with E-state index in [2.05, 4.69) is 46.2 Å². The van der Waals surface area contributed by atoms with E-state index in [4.69, 9.17) is 10.5 Å². The van der Waals surface area contributed by atoms with Crippen LogP contribution in [0.15, 0.2) is 90.6 Å². The van der Waals surface area contributed by atoms with Crippen molar-refractivity contribution in [1.29, 1.82) is 0 Å². The van der Waals surface area contributed by atoms with E-state index in [1.54, 1.807) is 42.0 Å². The van der Waals surface area contributed by atoms with Gasteiger partial charge in [0.25, 0.3) is 11.8 Å². The second kappa shape index (κ2) is 24.3. The smallest absolute Gasteiger partial charge is 0.254 e. The number of amides is 5. The van der Waals surface area contributed by atoms with Crippen LogP contribution in [0.3, 0.4) is 0 Å². The van der Waals surface area contributed by atoms with Crippen LogP contribution in [-0.2, 0) is 31.0 Å². The Bertz CT molecular complexity index is 3160. The van der Waals surface area contributed by atoms with Gasteiger partial charge < -0.3 is 41.7 Å². The van der Waals surface area contributed by atoms with E-state index in [0.29, 0.717) is 24.0 Å². The van der Waals surface area contributed by atoms with Gasteiger partial charge in [-0.2, -0.15) is 5.10 Å². The van der Waals surface area contributed by atoms with Crippen LogP contribution >= 0.6 is 11.3 Å². The van der Waals surface area contributed by atoms with Gasteiger partial charge in [-0.25, -0.2) is 22.8 Å². The number of pyridine rings is 1. The normalized spacial score (nSPS) is 15.3. The highest BCUT2D eigenvalue weighted by atomic mass is 32.2. The molecular weight excluding hydrogens is 1020 g/mol. The highest BCUT2D eigenvalue weighted by Gasteiger charge is 2.44. The number of sulfonamides is 1. The predicted molar refractivity (Wildman–Crippen MR) is 286 cm³/mol. The Morgan fingerprint density at radius 3 is 2.34 bits per heavy atom. The molecule has 4 heterocycles. The molecule has 7 rings (SSSR count). The number of carbonyl (C=O) groups is 5. The molecule has 6 aromatic rings. The van der Waals surface area contributed by atoms with Crippen LogP contribution in [0.2, 0.25) is 0 Å². The number of halogens is 1. The molecule has 0 unspecified atom stereocenters. The molecule has 23 heteroatoms. The van der Waals surface area contributed by atoms with Crippen molar-refractivity contribution >= 4 is 68.2 Å². The fraction of sp³-hybridized carbons (Fsp3) is 0.358. The standard InChI is InChI=1S/C53H62FN11O9S2/c1-7-76(72,73)64-39-21-17-35(24-41(39)74-31(3)33-15-19-37(54)20-16-33)45-44(48(55)68)49(63-62-45)60-42-22-18-36(27-57-42)50(69)56-23-9-8-10-43(67)61-47(53(4,5)6)52(71)65-28-38(66)25-40(65)51(70)58-26-32-11-13-34(14-12-32)46-30(2)59-29-75-46/h11-22,24,27,29,31,38,40,47,64,66H,7-10,23,25-26,28H2,1-6H3,(H2,55,68)(H,56,69)(H,58,70)(H,61,67)(H2,57,60,62,63)/t31-,38+,40-,47+/m0/s1. The molecule has 3 aromatic heterocycles. The van der Waals surface area contributed by atoms with Crippen molar-refractivity contribution in [2.45, 2.75) is 98.1 Å². The number of aryl methyl sites for hydroxylation is 1. The van der Waals surface area contributed by atoms with Crippen molar-refractivity contribution in [1.82, 2.24) is 41.0 Å². The average Bonchev–Trinajstić information content (AvgIpc) is 4.13. The van der Waals surface area contributed by atoms with E-state index < -0.39 is 69.2 Å². The van der Waals surface area contributed by atoms with Crippen LogP contribution in [0.5, 0.6) is 5.75 Å². The Labute approximate surface area is 443 Å². The number of rotatable bonds is 22. The van der Waals surface area contributed by atoms with Crippen LogP contribution in [-0.4, -0.2) is 105 Å². The molecule has 0 aliphatic carbocycles. The molecule has 20 nitrogen and oxygen atoms in total. The topological polar surface area (TPSA) is 293 Å². The minimum absolute atomic E-state index is 0.0193. The van der Waals surface area contributed by atoms with Gasteiger partial charge in [0, 0.05) is 44.2 Å². The van der Waals surface area contributed by atoms with Crippen molar-refractivity contribution in [3.63, 3.8) is 0 Å². The number of anilines is 3.